The molecule has 0 radical (unpaired) electrons. The van der Waals surface area contributed by atoms with Gasteiger partial charge in [0.05, 0.1) is 11.2 Å². The van der Waals surface area contributed by atoms with Crippen molar-refractivity contribution in [2.75, 3.05) is 12.4 Å². The van der Waals surface area contributed by atoms with Crippen LogP contribution in [0.4, 0.5) is 5.69 Å². The molecule has 8 nitrogen and oxygen atoms in total. The van der Waals surface area contributed by atoms with E-state index in [2.05, 4.69) is 25.9 Å². The first kappa shape index (κ1) is 21.2. The third-order valence-corrected chi connectivity index (χ3v) is 5.23. The van der Waals surface area contributed by atoms with Crippen molar-refractivity contribution < 1.29 is 4.79 Å². The van der Waals surface area contributed by atoms with Crippen molar-refractivity contribution in [3.8, 4) is 0 Å². The normalized spacial score (nSPS) is 11.7. The maximum absolute atomic E-state index is 12.6. The number of hydrogen-bond acceptors (Lipinski definition) is 6. The van der Waals surface area contributed by atoms with Crippen LogP contribution in [0.5, 0.6) is 0 Å². The largest absolute Gasteiger partial charge is 0.324 e. The Hall–Kier alpha value is -2.07. The third kappa shape index (κ3) is 5.01. The summed E-state index contributed by atoms with van der Waals surface area (Å²) in [7, 11) is 5.40. The first-order chi connectivity index (χ1) is 12.5. The quantitative estimate of drug-likeness (QED) is 0.628. The summed E-state index contributed by atoms with van der Waals surface area (Å²) in [4.78, 5) is 13.4. The zero-order valence-corrected chi connectivity index (χ0v) is 17.3. The Labute approximate surface area is 172 Å². The van der Waals surface area contributed by atoms with Crippen LogP contribution in [0.1, 0.15) is 11.6 Å². The second-order valence-electron chi connectivity index (χ2n) is 5.63. The molecular formula is C16H19Cl2N7OS. The van der Waals surface area contributed by atoms with E-state index in [1.807, 2.05) is 17.7 Å². The monoisotopic (exact) mass is 427 g/mol. The van der Waals surface area contributed by atoms with Gasteiger partial charge >= 0.3 is 0 Å². The van der Waals surface area contributed by atoms with Gasteiger partial charge in [-0.2, -0.15) is 5.10 Å². The molecule has 144 valence electrons. The Bertz CT molecular complexity index is 927. The molecule has 0 saturated heterocycles. The van der Waals surface area contributed by atoms with E-state index in [0.717, 1.165) is 15.6 Å². The highest BCUT2D eigenvalue weighted by Crippen LogP contribution is 2.33. The second kappa shape index (κ2) is 9.23. The predicted molar refractivity (Wildman–Crippen MR) is 107 cm³/mol. The number of amides is 1. The lowest BCUT2D eigenvalue weighted by Gasteiger charge is -2.15. The molecule has 1 aromatic carbocycles. The molecule has 1 amide bonds. The molecule has 0 aliphatic carbocycles. The molecule has 2 N–H and O–H groups in total. The summed E-state index contributed by atoms with van der Waals surface area (Å²) in [6.45, 7) is 0. The number of halogens is 2. The number of anilines is 1. The van der Waals surface area contributed by atoms with Crippen LogP contribution in [0.25, 0.3) is 0 Å². The minimum atomic E-state index is -0.504. The minimum Gasteiger partial charge on any atom is -0.324 e. The SMILES string of the molecule is CNC(C(=O)Nc1ccc(Sc2nncn2C)c(Cl)c1)c1cnn(C)c1.Cl. The summed E-state index contributed by atoms with van der Waals surface area (Å²) in [5.41, 5.74) is 1.40. The van der Waals surface area contributed by atoms with E-state index in [4.69, 9.17) is 11.6 Å². The Morgan fingerprint density at radius 3 is 2.67 bits per heavy atom. The standard InChI is InChI=1S/C16H18ClN7OS.ClH/c1-18-14(10-7-20-24(3)8-10)15(25)21-11-4-5-13(12(17)6-11)26-16-22-19-9-23(16)2;/h4-9,14,18H,1-3H3,(H,21,25);1H. The van der Waals surface area contributed by atoms with Crippen LogP contribution in [0.15, 0.2) is 47.0 Å². The van der Waals surface area contributed by atoms with Crippen molar-refractivity contribution in [3.05, 3.63) is 47.5 Å². The van der Waals surface area contributed by atoms with Gasteiger partial charge in [-0.05, 0) is 37.0 Å². The number of rotatable bonds is 6. The highest BCUT2D eigenvalue weighted by atomic mass is 35.5. The van der Waals surface area contributed by atoms with Gasteiger partial charge in [-0.1, -0.05) is 11.6 Å². The Morgan fingerprint density at radius 2 is 2.11 bits per heavy atom. The molecule has 3 aromatic rings. The summed E-state index contributed by atoms with van der Waals surface area (Å²) >= 11 is 7.76. The number of nitrogens with zero attached hydrogens (tertiary/aromatic N) is 5. The molecule has 0 aliphatic heterocycles. The first-order valence-corrected chi connectivity index (χ1v) is 8.95. The highest BCUT2D eigenvalue weighted by Gasteiger charge is 2.20. The predicted octanol–water partition coefficient (Wildman–Crippen LogP) is 2.67. The molecule has 0 bridgehead atoms. The van der Waals surface area contributed by atoms with E-state index in [1.54, 1.807) is 49.6 Å². The fourth-order valence-corrected chi connectivity index (χ4v) is 3.44. The fraction of sp³-hybridized carbons (Fsp3) is 0.250. The van der Waals surface area contributed by atoms with E-state index < -0.39 is 6.04 Å². The molecule has 0 fully saturated rings. The summed E-state index contributed by atoms with van der Waals surface area (Å²) < 4.78 is 3.46. The van der Waals surface area contributed by atoms with E-state index in [-0.39, 0.29) is 18.3 Å². The van der Waals surface area contributed by atoms with E-state index >= 15 is 0 Å². The molecule has 1 atom stereocenters. The minimum absolute atomic E-state index is 0. The van der Waals surface area contributed by atoms with Crippen LogP contribution in [-0.4, -0.2) is 37.5 Å². The summed E-state index contributed by atoms with van der Waals surface area (Å²) in [6.07, 6.45) is 5.09. The van der Waals surface area contributed by atoms with Crippen molar-refractivity contribution >= 4 is 47.4 Å². The molecule has 0 spiro atoms. The van der Waals surface area contributed by atoms with Crippen LogP contribution >= 0.6 is 35.8 Å². The molecule has 1 unspecified atom stereocenters. The highest BCUT2D eigenvalue weighted by molar-refractivity contribution is 7.99. The van der Waals surface area contributed by atoms with Gasteiger partial charge in [0.2, 0.25) is 5.91 Å². The van der Waals surface area contributed by atoms with Crippen molar-refractivity contribution in [1.29, 1.82) is 0 Å². The van der Waals surface area contributed by atoms with E-state index in [0.29, 0.717) is 10.7 Å². The van der Waals surface area contributed by atoms with Gasteiger partial charge in [0.15, 0.2) is 5.16 Å². The number of carbonyl (C=O) groups excluding carboxylic acids is 1. The number of hydrogen-bond donors (Lipinski definition) is 2. The van der Waals surface area contributed by atoms with Crippen LogP contribution in [0.3, 0.4) is 0 Å². The Morgan fingerprint density at radius 1 is 1.33 bits per heavy atom. The molecule has 0 saturated carbocycles. The van der Waals surface area contributed by atoms with Gasteiger partial charge in [-0.3, -0.25) is 9.48 Å². The van der Waals surface area contributed by atoms with Crippen molar-refractivity contribution in [1.82, 2.24) is 29.9 Å². The molecule has 3 rings (SSSR count). The van der Waals surface area contributed by atoms with Crippen molar-refractivity contribution in [2.24, 2.45) is 14.1 Å². The number of carbonyl (C=O) groups is 1. The zero-order chi connectivity index (χ0) is 18.7. The Kier molecular flexibility index (Phi) is 7.25. The Balaban J connectivity index is 0.00000261. The summed E-state index contributed by atoms with van der Waals surface area (Å²) in [5.74, 6) is -0.190. The number of aromatic nitrogens is 5. The number of likely N-dealkylation sites (N-methyl/N-ethyl adjacent to an activating group) is 1. The van der Waals surface area contributed by atoms with E-state index in [9.17, 15) is 4.79 Å². The maximum Gasteiger partial charge on any atom is 0.246 e. The smallest absolute Gasteiger partial charge is 0.246 e. The fourth-order valence-electron chi connectivity index (χ4n) is 2.38. The topological polar surface area (TPSA) is 89.7 Å². The van der Waals surface area contributed by atoms with Gasteiger partial charge in [0, 0.05) is 36.4 Å². The molecule has 0 aliphatic rings. The van der Waals surface area contributed by atoms with Crippen molar-refractivity contribution in [2.45, 2.75) is 16.1 Å². The van der Waals surface area contributed by atoms with E-state index in [1.165, 1.54) is 11.8 Å². The maximum atomic E-state index is 12.6. The molecule has 2 heterocycles. The molecule has 27 heavy (non-hydrogen) atoms. The lowest BCUT2D eigenvalue weighted by Crippen LogP contribution is -2.30. The van der Waals surface area contributed by atoms with Crippen LogP contribution < -0.4 is 10.6 Å². The van der Waals surface area contributed by atoms with Crippen LogP contribution in [0.2, 0.25) is 5.02 Å². The van der Waals surface area contributed by atoms with Gasteiger partial charge < -0.3 is 15.2 Å². The zero-order valence-electron chi connectivity index (χ0n) is 14.9. The summed E-state index contributed by atoms with van der Waals surface area (Å²) in [6, 6.07) is 4.86. The average Bonchev–Trinajstić information content (AvgIpc) is 3.20. The lowest BCUT2D eigenvalue weighted by atomic mass is 10.1. The van der Waals surface area contributed by atoms with Crippen LogP contribution in [-0.2, 0) is 18.9 Å². The third-order valence-electron chi connectivity index (χ3n) is 3.68. The van der Waals surface area contributed by atoms with Gasteiger partial charge in [-0.25, -0.2) is 0 Å². The van der Waals surface area contributed by atoms with Gasteiger partial charge in [0.25, 0.3) is 0 Å². The van der Waals surface area contributed by atoms with Crippen molar-refractivity contribution in [3.63, 3.8) is 0 Å². The average molecular weight is 428 g/mol. The molecule has 2 aromatic heterocycles. The van der Waals surface area contributed by atoms with Crippen LogP contribution in [0, 0.1) is 0 Å². The first-order valence-electron chi connectivity index (χ1n) is 7.76. The number of nitrogens with one attached hydrogen (secondary N) is 2. The molecule has 11 heteroatoms. The van der Waals surface area contributed by atoms with Gasteiger partial charge in [0.1, 0.15) is 12.4 Å². The second-order valence-corrected chi connectivity index (χ2v) is 7.05. The summed E-state index contributed by atoms with van der Waals surface area (Å²) in [5, 5.41) is 19.1. The van der Waals surface area contributed by atoms with Gasteiger partial charge in [-0.15, -0.1) is 22.6 Å². The number of aryl methyl sites for hydroxylation is 2. The lowest BCUT2D eigenvalue weighted by molar-refractivity contribution is -0.118. The number of benzene rings is 1. The molecular weight excluding hydrogens is 409 g/mol.